The molecule has 6 nitrogen and oxygen atoms in total. The van der Waals surface area contributed by atoms with Gasteiger partial charge in [0.1, 0.15) is 6.04 Å². The number of urea groups is 1. The van der Waals surface area contributed by atoms with Crippen molar-refractivity contribution in [1.29, 1.82) is 0 Å². The summed E-state index contributed by atoms with van der Waals surface area (Å²) in [4.78, 5) is 26.8. The zero-order valence-corrected chi connectivity index (χ0v) is 11.7. The molecule has 0 bridgehead atoms. The fourth-order valence-corrected chi connectivity index (χ4v) is 1.90. The molecule has 0 unspecified atom stereocenters. The predicted octanol–water partition coefficient (Wildman–Crippen LogP) is 1.72. The quantitative estimate of drug-likeness (QED) is 0.739. The normalized spacial score (nSPS) is 11.7. The number of hydrogen-bond donors (Lipinski definition) is 3. The molecule has 0 aliphatic rings. The van der Waals surface area contributed by atoms with Gasteiger partial charge in [0, 0.05) is 6.20 Å². The molecule has 104 valence electrons. The topological polar surface area (TPSA) is 91.3 Å². The molecule has 1 aromatic heterocycles. The molecule has 0 aliphatic carbocycles. The van der Waals surface area contributed by atoms with E-state index in [0.29, 0.717) is 23.6 Å². The van der Waals surface area contributed by atoms with E-state index < -0.39 is 18.0 Å². The smallest absolute Gasteiger partial charge is 0.326 e. The van der Waals surface area contributed by atoms with Gasteiger partial charge >= 0.3 is 12.0 Å². The van der Waals surface area contributed by atoms with Crippen molar-refractivity contribution in [3.63, 3.8) is 0 Å². The average molecular weight is 283 g/mol. The third kappa shape index (κ3) is 5.17. The fraction of sp³-hybridized carbons (Fsp3) is 0.417. The highest BCUT2D eigenvalue weighted by Crippen LogP contribution is 2.10. The number of carboxylic acids is 1. The first-order chi connectivity index (χ1) is 9.04. The van der Waals surface area contributed by atoms with Gasteiger partial charge in [0.05, 0.1) is 11.4 Å². The lowest BCUT2D eigenvalue weighted by atomic mass is 10.2. The van der Waals surface area contributed by atoms with Crippen molar-refractivity contribution in [2.45, 2.75) is 19.4 Å². The van der Waals surface area contributed by atoms with Crippen LogP contribution in [0.15, 0.2) is 18.3 Å². The predicted molar refractivity (Wildman–Crippen MR) is 75.6 cm³/mol. The van der Waals surface area contributed by atoms with Crippen LogP contribution in [0, 0.1) is 6.92 Å². The van der Waals surface area contributed by atoms with Crippen molar-refractivity contribution in [2.24, 2.45) is 0 Å². The zero-order valence-electron chi connectivity index (χ0n) is 10.8. The number of hydrogen-bond acceptors (Lipinski definition) is 4. The van der Waals surface area contributed by atoms with E-state index in [1.807, 2.05) is 6.26 Å². The summed E-state index contributed by atoms with van der Waals surface area (Å²) in [6.45, 7) is 1.76. The third-order valence-electron chi connectivity index (χ3n) is 2.47. The molecule has 0 aliphatic heterocycles. The van der Waals surface area contributed by atoms with Crippen LogP contribution in [0.5, 0.6) is 0 Å². The van der Waals surface area contributed by atoms with Gasteiger partial charge < -0.3 is 15.7 Å². The molecule has 0 saturated heterocycles. The molecule has 2 amide bonds. The van der Waals surface area contributed by atoms with Crippen molar-refractivity contribution in [3.05, 3.63) is 24.0 Å². The Bertz CT molecular complexity index is 454. The number of carboxylic acid groups (broad SMARTS) is 1. The molecule has 0 saturated carbocycles. The number of aliphatic carboxylic acids is 1. The minimum atomic E-state index is -1.04. The second-order valence-corrected chi connectivity index (χ2v) is 4.89. The number of aryl methyl sites for hydroxylation is 1. The van der Waals surface area contributed by atoms with E-state index in [-0.39, 0.29) is 0 Å². The van der Waals surface area contributed by atoms with Crippen LogP contribution in [0.3, 0.4) is 0 Å². The number of aromatic nitrogens is 1. The minimum absolute atomic E-state index is 0.385. The average Bonchev–Trinajstić information content (AvgIpc) is 2.37. The van der Waals surface area contributed by atoms with Crippen LogP contribution in [0.2, 0.25) is 0 Å². The Kier molecular flexibility index (Phi) is 6.14. The van der Waals surface area contributed by atoms with Gasteiger partial charge in [-0.25, -0.2) is 9.59 Å². The van der Waals surface area contributed by atoms with Gasteiger partial charge in [-0.1, -0.05) is 0 Å². The van der Waals surface area contributed by atoms with E-state index in [9.17, 15) is 9.59 Å². The first-order valence-corrected chi connectivity index (χ1v) is 7.15. The maximum Gasteiger partial charge on any atom is 0.326 e. The van der Waals surface area contributed by atoms with Crippen LogP contribution >= 0.6 is 11.8 Å². The van der Waals surface area contributed by atoms with Gasteiger partial charge in [-0.2, -0.15) is 11.8 Å². The Labute approximate surface area is 116 Å². The first-order valence-electron chi connectivity index (χ1n) is 5.75. The van der Waals surface area contributed by atoms with E-state index in [4.69, 9.17) is 5.11 Å². The maximum atomic E-state index is 11.7. The van der Waals surface area contributed by atoms with Crippen molar-refractivity contribution in [3.8, 4) is 0 Å². The Morgan fingerprint density at radius 2 is 2.26 bits per heavy atom. The van der Waals surface area contributed by atoms with Crippen molar-refractivity contribution >= 4 is 29.4 Å². The summed E-state index contributed by atoms with van der Waals surface area (Å²) in [6.07, 6.45) is 3.89. The Balaban J connectivity index is 2.58. The van der Waals surface area contributed by atoms with Crippen LogP contribution in [-0.4, -0.2) is 40.1 Å². The highest BCUT2D eigenvalue weighted by Gasteiger charge is 2.19. The molecule has 7 heteroatoms. The van der Waals surface area contributed by atoms with E-state index in [2.05, 4.69) is 15.6 Å². The molecule has 0 spiro atoms. The first kappa shape index (κ1) is 15.3. The van der Waals surface area contributed by atoms with E-state index >= 15 is 0 Å². The van der Waals surface area contributed by atoms with Gasteiger partial charge in [0.25, 0.3) is 0 Å². The number of rotatable bonds is 6. The molecule has 3 N–H and O–H groups in total. The molecular weight excluding hydrogens is 266 g/mol. The Hall–Kier alpha value is -1.76. The van der Waals surface area contributed by atoms with Gasteiger partial charge in [0.15, 0.2) is 0 Å². The molecule has 0 fully saturated rings. The Morgan fingerprint density at radius 1 is 1.53 bits per heavy atom. The summed E-state index contributed by atoms with van der Waals surface area (Å²) in [7, 11) is 0. The van der Waals surface area contributed by atoms with Crippen molar-refractivity contribution < 1.29 is 14.7 Å². The number of thioether (sulfide) groups is 1. The van der Waals surface area contributed by atoms with Gasteiger partial charge in [-0.3, -0.25) is 4.98 Å². The van der Waals surface area contributed by atoms with Crippen LogP contribution < -0.4 is 10.6 Å². The second kappa shape index (κ2) is 7.63. The van der Waals surface area contributed by atoms with Crippen LogP contribution in [0.1, 0.15) is 12.1 Å². The number of nitrogens with one attached hydrogen (secondary N) is 2. The summed E-state index contributed by atoms with van der Waals surface area (Å²) in [5.74, 6) is -0.365. The summed E-state index contributed by atoms with van der Waals surface area (Å²) in [5, 5.41) is 14.0. The Morgan fingerprint density at radius 3 is 2.84 bits per heavy atom. The summed E-state index contributed by atoms with van der Waals surface area (Å²) in [5.41, 5.74) is 1.24. The molecule has 1 rings (SSSR count). The third-order valence-corrected chi connectivity index (χ3v) is 3.11. The molecule has 0 aromatic carbocycles. The zero-order chi connectivity index (χ0) is 14.3. The maximum absolute atomic E-state index is 11.7. The largest absolute Gasteiger partial charge is 0.480 e. The standard InChI is InChI=1S/C12H17N3O3S/c1-8-9(4-3-6-13-8)14-12(18)15-10(11(16)17)5-7-19-2/h3-4,6,10H,5,7H2,1-2H3,(H,16,17)(H2,14,15,18)/t10-/m0/s1. The van der Waals surface area contributed by atoms with E-state index in [1.54, 1.807) is 25.3 Å². The highest BCUT2D eigenvalue weighted by molar-refractivity contribution is 7.98. The van der Waals surface area contributed by atoms with E-state index in [1.165, 1.54) is 11.8 Å². The molecule has 1 atom stereocenters. The van der Waals surface area contributed by atoms with Crippen LogP contribution in [0.4, 0.5) is 10.5 Å². The summed E-state index contributed by atoms with van der Waals surface area (Å²) >= 11 is 1.54. The van der Waals surface area contributed by atoms with Crippen LogP contribution in [0.25, 0.3) is 0 Å². The molecule has 19 heavy (non-hydrogen) atoms. The second-order valence-electron chi connectivity index (χ2n) is 3.91. The minimum Gasteiger partial charge on any atom is -0.480 e. The number of carbonyl (C=O) groups excluding carboxylic acids is 1. The number of pyridine rings is 1. The van der Waals surface area contributed by atoms with Crippen LogP contribution in [-0.2, 0) is 4.79 Å². The summed E-state index contributed by atoms with van der Waals surface area (Å²) in [6, 6.07) is 1.99. The van der Waals surface area contributed by atoms with Gasteiger partial charge in [-0.05, 0) is 37.5 Å². The molecule has 0 radical (unpaired) electrons. The van der Waals surface area contributed by atoms with Gasteiger partial charge in [-0.15, -0.1) is 0 Å². The fourth-order valence-electron chi connectivity index (χ4n) is 1.43. The van der Waals surface area contributed by atoms with Gasteiger partial charge in [0.2, 0.25) is 0 Å². The number of amides is 2. The highest BCUT2D eigenvalue weighted by atomic mass is 32.2. The lowest BCUT2D eigenvalue weighted by Gasteiger charge is -2.15. The molecule has 1 heterocycles. The number of carbonyl (C=O) groups is 2. The van der Waals surface area contributed by atoms with Crippen molar-refractivity contribution in [2.75, 3.05) is 17.3 Å². The number of nitrogens with zero attached hydrogens (tertiary/aromatic N) is 1. The lowest BCUT2D eigenvalue weighted by molar-refractivity contribution is -0.139. The molecular formula is C12H17N3O3S. The summed E-state index contributed by atoms with van der Waals surface area (Å²) < 4.78 is 0. The molecule has 1 aromatic rings. The van der Waals surface area contributed by atoms with E-state index in [0.717, 1.165) is 0 Å². The van der Waals surface area contributed by atoms with Crippen molar-refractivity contribution in [1.82, 2.24) is 10.3 Å². The SMILES string of the molecule is CSCC[C@H](NC(=O)Nc1cccnc1C)C(=O)O. The lowest BCUT2D eigenvalue weighted by Crippen LogP contribution is -2.43. The number of anilines is 1. The monoisotopic (exact) mass is 283 g/mol.